The van der Waals surface area contributed by atoms with E-state index in [2.05, 4.69) is 18.8 Å². The van der Waals surface area contributed by atoms with Crippen LogP contribution in [0.4, 0.5) is 0 Å². The fraction of sp³-hybridized carbons (Fsp3) is 0.500. The number of amides is 1. The number of nitrogens with zero attached hydrogens (tertiary/aromatic N) is 1. The van der Waals surface area contributed by atoms with Crippen LogP contribution >= 0.6 is 0 Å². The number of aliphatic hydroxyl groups excluding tert-OH is 1. The molecule has 0 aliphatic heterocycles. The lowest BCUT2D eigenvalue weighted by molar-refractivity contribution is 0.0762. The van der Waals surface area contributed by atoms with Crippen LogP contribution in [0, 0.1) is 18.8 Å². The summed E-state index contributed by atoms with van der Waals surface area (Å²) in [5.74, 6) is 6.02. The molecule has 0 radical (unpaired) electrons. The number of carbonyl (C=O) groups is 1. The van der Waals surface area contributed by atoms with E-state index in [1.807, 2.05) is 36.9 Å². The molecule has 1 rings (SSSR count). The number of hydrogen-bond acceptors (Lipinski definition) is 2. The second-order valence-corrected chi connectivity index (χ2v) is 5.04. The molecule has 0 unspecified atom stereocenters. The topological polar surface area (TPSA) is 40.5 Å². The molecule has 0 aliphatic carbocycles. The Morgan fingerprint density at radius 2 is 2.10 bits per heavy atom. The maximum Gasteiger partial charge on any atom is 0.253 e. The molecule has 0 atom stereocenters. The number of benzene rings is 1. The average Bonchev–Trinajstić information content (AvgIpc) is 2.49. The van der Waals surface area contributed by atoms with Gasteiger partial charge in [-0.05, 0) is 44.0 Å². The minimum atomic E-state index is 0.0749. The third-order valence-electron chi connectivity index (χ3n) is 3.38. The zero-order chi connectivity index (χ0) is 15.7. The molecule has 1 N–H and O–H groups in total. The van der Waals surface area contributed by atoms with Gasteiger partial charge in [0.15, 0.2) is 0 Å². The van der Waals surface area contributed by atoms with Gasteiger partial charge in [0.2, 0.25) is 0 Å². The van der Waals surface area contributed by atoms with Gasteiger partial charge in [0.05, 0.1) is 6.61 Å². The summed E-state index contributed by atoms with van der Waals surface area (Å²) in [5, 5.41) is 8.74. The Balaban J connectivity index is 2.87. The van der Waals surface area contributed by atoms with Crippen molar-refractivity contribution < 1.29 is 9.90 Å². The highest BCUT2D eigenvalue weighted by atomic mass is 16.2. The molecule has 0 fully saturated rings. The third kappa shape index (κ3) is 5.24. The van der Waals surface area contributed by atoms with Crippen molar-refractivity contribution in [3.05, 3.63) is 34.9 Å². The molecule has 0 spiro atoms. The second-order valence-electron chi connectivity index (χ2n) is 5.04. The van der Waals surface area contributed by atoms with Crippen molar-refractivity contribution in [1.29, 1.82) is 0 Å². The first-order valence-electron chi connectivity index (χ1n) is 7.63. The first-order valence-corrected chi connectivity index (χ1v) is 7.63. The van der Waals surface area contributed by atoms with Crippen molar-refractivity contribution in [2.24, 2.45) is 0 Å². The summed E-state index contributed by atoms with van der Waals surface area (Å²) in [7, 11) is 0. The van der Waals surface area contributed by atoms with Gasteiger partial charge in [-0.1, -0.05) is 25.2 Å². The number of aryl methyl sites for hydroxylation is 1. The monoisotopic (exact) mass is 287 g/mol. The number of hydrogen-bond donors (Lipinski definition) is 1. The lowest BCUT2D eigenvalue weighted by Crippen LogP contribution is -2.31. The molecule has 0 saturated carbocycles. The predicted molar refractivity (Wildman–Crippen MR) is 86.2 cm³/mol. The fourth-order valence-corrected chi connectivity index (χ4v) is 2.09. The standard InChI is InChI=1S/C18H25NO2/c1-4-6-12-19(5-2)18(21)17-11-10-16(15(3)14-17)9-7-8-13-20/h10-11,14,20H,4-6,8,12-13H2,1-3H3. The van der Waals surface area contributed by atoms with Crippen molar-refractivity contribution in [3.8, 4) is 11.8 Å². The highest BCUT2D eigenvalue weighted by Crippen LogP contribution is 2.13. The van der Waals surface area contributed by atoms with Crippen molar-refractivity contribution in [2.45, 2.75) is 40.0 Å². The lowest BCUT2D eigenvalue weighted by Gasteiger charge is -2.21. The van der Waals surface area contributed by atoms with Gasteiger partial charge in [0.25, 0.3) is 5.91 Å². The minimum absolute atomic E-state index is 0.0749. The quantitative estimate of drug-likeness (QED) is 0.817. The largest absolute Gasteiger partial charge is 0.395 e. The maximum atomic E-state index is 12.5. The van der Waals surface area contributed by atoms with Gasteiger partial charge in [0.1, 0.15) is 0 Å². The molecular weight excluding hydrogens is 262 g/mol. The predicted octanol–water partition coefficient (Wildman–Crippen LogP) is 2.99. The van der Waals surface area contributed by atoms with Crippen LogP contribution in [0.5, 0.6) is 0 Å². The molecule has 1 amide bonds. The molecule has 0 bridgehead atoms. The number of aliphatic hydroxyl groups is 1. The molecule has 21 heavy (non-hydrogen) atoms. The fourth-order valence-electron chi connectivity index (χ4n) is 2.09. The zero-order valence-corrected chi connectivity index (χ0v) is 13.3. The highest BCUT2D eigenvalue weighted by Gasteiger charge is 2.14. The van der Waals surface area contributed by atoms with Gasteiger partial charge < -0.3 is 10.0 Å². The molecule has 0 aromatic heterocycles. The molecule has 3 heteroatoms. The van der Waals surface area contributed by atoms with Gasteiger partial charge in [-0.3, -0.25) is 4.79 Å². The molecular formula is C18H25NO2. The van der Waals surface area contributed by atoms with Crippen LogP contribution in [0.2, 0.25) is 0 Å². The summed E-state index contributed by atoms with van der Waals surface area (Å²) in [6, 6.07) is 5.63. The van der Waals surface area contributed by atoms with E-state index in [0.29, 0.717) is 6.42 Å². The van der Waals surface area contributed by atoms with Gasteiger partial charge in [-0.25, -0.2) is 0 Å². The Labute approximate surface area is 128 Å². The van der Waals surface area contributed by atoms with E-state index >= 15 is 0 Å². The minimum Gasteiger partial charge on any atom is -0.395 e. The van der Waals surface area contributed by atoms with E-state index in [1.54, 1.807) is 0 Å². The van der Waals surface area contributed by atoms with Crippen LogP contribution in [-0.4, -0.2) is 35.6 Å². The van der Waals surface area contributed by atoms with E-state index in [0.717, 1.165) is 42.6 Å². The zero-order valence-electron chi connectivity index (χ0n) is 13.3. The number of rotatable bonds is 6. The average molecular weight is 287 g/mol. The third-order valence-corrected chi connectivity index (χ3v) is 3.38. The normalized spacial score (nSPS) is 9.90. The van der Waals surface area contributed by atoms with Crippen molar-refractivity contribution >= 4 is 5.91 Å². The lowest BCUT2D eigenvalue weighted by atomic mass is 10.0. The summed E-state index contributed by atoms with van der Waals surface area (Å²) < 4.78 is 0. The van der Waals surface area contributed by atoms with E-state index in [4.69, 9.17) is 5.11 Å². The molecule has 3 nitrogen and oxygen atoms in total. The smallest absolute Gasteiger partial charge is 0.253 e. The van der Waals surface area contributed by atoms with Crippen molar-refractivity contribution in [2.75, 3.05) is 19.7 Å². The highest BCUT2D eigenvalue weighted by molar-refractivity contribution is 5.94. The van der Waals surface area contributed by atoms with Crippen LogP contribution in [-0.2, 0) is 0 Å². The van der Waals surface area contributed by atoms with Crippen LogP contribution in [0.3, 0.4) is 0 Å². The molecule has 0 aliphatic rings. The van der Waals surface area contributed by atoms with Crippen LogP contribution in [0.25, 0.3) is 0 Å². The van der Waals surface area contributed by atoms with Gasteiger partial charge in [-0.15, -0.1) is 0 Å². The Morgan fingerprint density at radius 1 is 1.33 bits per heavy atom. The van der Waals surface area contributed by atoms with E-state index in [1.165, 1.54) is 0 Å². The van der Waals surface area contributed by atoms with Crippen LogP contribution in [0.15, 0.2) is 18.2 Å². The molecule has 1 aromatic carbocycles. The SMILES string of the molecule is CCCCN(CC)C(=O)c1ccc(C#CCCO)c(C)c1. The second kappa shape index (κ2) is 9.20. The van der Waals surface area contributed by atoms with Gasteiger partial charge >= 0.3 is 0 Å². The number of unbranched alkanes of at least 4 members (excludes halogenated alkanes) is 1. The van der Waals surface area contributed by atoms with E-state index in [9.17, 15) is 4.79 Å². The van der Waals surface area contributed by atoms with Gasteiger partial charge in [0, 0.05) is 30.6 Å². The summed E-state index contributed by atoms with van der Waals surface area (Å²) in [4.78, 5) is 14.3. The Hall–Kier alpha value is -1.79. The van der Waals surface area contributed by atoms with Gasteiger partial charge in [-0.2, -0.15) is 0 Å². The first-order chi connectivity index (χ1) is 10.1. The Kier molecular flexibility index (Phi) is 7.56. The summed E-state index contributed by atoms with van der Waals surface area (Å²) in [6.45, 7) is 7.71. The summed E-state index contributed by atoms with van der Waals surface area (Å²) in [5.41, 5.74) is 2.63. The van der Waals surface area contributed by atoms with E-state index < -0.39 is 0 Å². The maximum absolute atomic E-state index is 12.5. The molecule has 114 valence electrons. The summed E-state index contributed by atoms with van der Waals surface area (Å²) >= 11 is 0. The number of carbonyl (C=O) groups excluding carboxylic acids is 1. The van der Waals surface area contributed by atoms with Crippen molar-refractivity contribution in [1.82, 2.24) is 4.90 Å². The molecule has 0 heterocycles. The molecule has 0 saturated heterocycles. The Bertz CT molecular complexity index is 526. The van der Waals surface area contributed by atoms with Crippen LogP contribution < -0.4 is 0 Å². The van der Waals surface area contributed by atoms with Crippen molar-refractivity contribution in [3.63, 3.8) is 0 Å². The van der Waals surface area contributed by atoms with Crippen LogP contribution in [0.1, 0.15) is 54.6 Å². The Morgan fingerprint density at radius 3 is 2.67 bits per heavy atom. The summed E-state index contributed by atoms with van der Waals surface area (Å²) in [6.07, 6.45) is 2.59. The first kappa shape index (κ1) is 17.3. The molecule has 1 aromatic rings. The van der Waals surface area contributed by atoms with E-state index in [-0.39, 0.29) is 12.5 Å².